The van der Waals surface area contributed by atoms with Crippen molar-refractivity contribution >= 4 is 17.5 Å². The van der Waals surface area contributed by atoms with Gasteiger partial charge in [-0.3, -0.25) is 9.59 Å². The topological polar surface area (TPSA) is 52.7 Å². The van der Waals surface area contributed by atoms with E-state index in [1.165, 1.54) is 25.3 Å². The molecular weight excluding hydrogens is 374 g/mol. The molecule has 0 aromatic heterocycles. The van der Waals surface area contributed by atoms with Gasteiger partial charge in [-0.15, -0.1) is 0 Å². The first kappa shape index (κ1) is 20.6. The van der Waals surface area contributed by atoms with Crippen molar-refractivity contribution in [3.05, 3.63) is 65.7 Å². The highest BCUT2D eigenvalue weighted by Crippen LogP contribution is 2.39. The molecule has 5 heteroatoms. The Morgan fingerprint density at radius 3 is 2.63 bits per heavy atom. The Labute approximate surface area is 179 Å². The molecule has 2 aliphatic heterocycles. The number of hydrogen-bond acceptors (Lipinski definition) is 3. The Hall–Kier alpha value is -2.66. The number of carbonyl (C=O) groups is 2. The molecule has 0 bridgehead atoms. The van der Waals surface area contributed by atoms with Gasteiger partial charge in [0.05, 0.1) is 0 Å². The summed E-state index contributed by atoms with van der Waals surface area (Å²) in [7, 11) is 0. The van der Waals surface area contributed by atoms with Crippen LogP contribution in [0.25, 0.3) is 0 Å². The van der Waals surface area contributed by atoms with E-state index in [0.29, 0.717) is 11.3 Å². The summed E-state index contributed by atoms with van der Waals surface area (Å²) >= 11 is 0. The van der Waals surface area contributed by atoms with Crippen molar-refractivity contribution < 1.29 is 9.59 Å². The van der Waals surface area contributed by atoms with Gasteiger partial charge in [0.2, 0.25) is 5.91 Å². The molecule has 2 amide bonds. The van der Waals surface area contributed by atoms with Crippen LogP contribution < -0.4 is 5.32 Å². The van der Waals surface area contributed by atoms with E-state index in [2.05, 4.69) is 40.5 Å². The van der Waals surface area contributed by atoms with Crippen LogP contribution in [0.2, 0.25) is 0 Å². The smallest absolute Gasteiger partial charge is 0.253 e. The van der Waals surface area contributed by atoms with Crippen molar-refractivity contribution in [3.8, 4) is 0 Å². The summed E-state index contributed by atoms with van der Waals surface area (Å²) < 4.78 is 0. The van der Waals surface area contributed by atoms with Crippen molar-refractivity contribution in [1.82, 2.24) is 9.80 Å². The first-order valence-corrected chi connectivity index (χ1v) is 11.0. The van der Waals surface area contributed by atoms with Crippen molar-refractivity contribution in [2.24, 2.45) is 5.41 Å². The van der Waals surface area contributed by atoms with E-state index in [-0.39, 0.29) is 17.2 Å². The van der Waals surface area contributed by atoms with E-state index in [0.717, 1.165) is 45.6 Å². The molecule has 1 spiro atoms. The summed E-state index contributed by atoms with van der Waals surface area (Å²) in [5.41, 5.74) is 2.93. The zero-order valence-corrected chi connectivity index (χ0v) is 17.8. The molecule has 2 heterocycles. The van der Waals surface area contributed by atoms with E-state index >= 15 is 0 Å². The van der Waals surface area contributed by atoms with E-state index in [1.807, 2.05) is 23.1 Å². The molecule has 0 aliphatic carbocycles. The molecular formula is C25H31N3O2. The second-order valence-corrected chi connectivity index (χ2v) is 8.85. The highest BCUT2D eigenvalue weighted by atomic mass is 16.2. The monoisotopic (exact) mass is 405 g/mol. The number of carbonyl (C=O) groups excluding carboxylic acids is 2. The number of nitrogens with zero attached hydrogens (tertiary/aromatic N) is 2. The van der Waals surface area contributed by atoms with Gasteiger partial charge in [0.1, 0.15) is 0 Å². The van der Waals surface area contributed by atoms with Gasteiger partial charge in [0.25, 0.3) is 5.91 Å². The van der Waals surface area contributed by atoms with Crippen LogP contribution in [0.3, 0.4) is 0 Å². The maximum absolute atomic E-state index is 13.1. The summed E-state index contributed by atoms with van der Waals surface area (Å²) in [6.45, 7) is 6.44. The first-order chi connectivity index (χ1) is 14.5. The first-order valence-electron chi connectivity index (χ1n) is 11.0. The molecule has 30 heavy (non-hydrogen) atoms. The number of rotatable bonds is 5. The number of likely N-dealkylation sites (tertiary alicyclic amines) is 2. The Kier molecular flexibility index (Phi) is 6.18. The van der Waals surface area contributed by atoms with Gasteiger partial charge < -0.3 is 15.1 Å². The molecule has 1 N–H and O–H groups in total. The van der Waals surface area contributed by atoms with Gasteiger partial charge in [0.15, 0.2) is 0 Å². The van der Waals surface area contributed by atoms with Gasteiger partial charge in [-0.25, -0.2) is 0 Å². The molecule has 4 rings (SSSR count). The predicted octanol–water partition coefficient (Wildman–Crippen LogP) is 3.82. The lowest BCUT2D eigenvalue weighted by atomic mass is 9.79. The van der Waals surface area contributed by atoms with Crippen LogP contribution in [0.15, 0.2) is 54.6 Å². The van der Waals surface area contributed by atoms with E-state index in [4.69, 9.17) is 0 Å². The van der Waals surface area contributed by atoms with Gasteiger partial charge >= 0.3 is 0 Å². The molecule has 5 nitrogen and oxygen atoms in total. The van der Waals surface area contributed by atoms with E-state index < -0.39 is 0 Å². The van der Waals surface area contributed by atoms with Crippen LogP contribution in [0, 0.1) is 5.41 Å². The standard InChI is InChI=1S/C25H31N3O2/c1-20(29)26-23-10-5-9-22(17-23)24(30)28-16-13-25(19-28)12-6-14-27(18-25)15-11-21-7-3-2-4-8-21/h2-5,7-10,17H,6,11-16,18-19H2,1H3,(H,26,29). The summed E-state index contributed by atoms with van der Waals surface area (Å²) in [6.07, 6.45) is 4.56. The zero-order chi connectivity index (χ0) is 21.0. The van der Waals surface area contributed by atoms with Crippen LogP contribution in [-0.2, 0) is 11.2 Å². The molecule has 1 unspecified atom stereocenters. The number of anilines is 1. The molecule has 0 radical (unpaired) electrons. The van der Waals surface area contributed by atoms with Crippen molar-refractivity contribution in [2.75, 3.05) is 38.0 Å². The number of piperidine rings is 1. The van der Waals surface area contributed by atoms with Crippen LogP contribution >= 0.6 is 0 Å². The molecule has 0 saturated carbocycles. The number of nitrogens with one attached hydrogen (secondary N) is 1. The number of amides is 2. The second kappa shape index (κ2) is 9.00. The maximum atomic E-state index is 13.1. The number of benzene rings is 2. The lowest BCUT2D eigenvalue weighted by Gasteiger charge is -2.40. The SMILES string of the molecule is CC(=O)Nc1cccc(C(=O)N2CCC3(CCCN(CCc4ccccc4)C3)C2)c1. The zero-order valence-electron chi connectivity index (χ0n) is 17.8. The lowest BCUT2D eigenvalue weighted by Crippen LogP contribution is -2.46. The molecule has 2 aromatic carbocycles. The van der Waals surface area contributed by atoms with Crippen LogP contribution in [0.1, 0.15) is 42.1 Å². The van der Waals surface area contributed by atoms with Gasteiger partial charge in [0, 0.05) is 49.8 Å². The highest BCUT2D eigenvalue weighted by Gasteiger charge is 2.42. The Morgan fingerprint density at radius 2 is 1.83 bits per heavy atom. The Morgan fingerprint density at radius 1 is 1.00 bits per heavy atom. The summed E-state index contributed by atoms with van der Waals surface area (Å²) in [4.78, 5) is 29.0. The molecule has 2 aromatic rings. The summed E-state index contributed by atoms with van der Waals surface area (Å²) in [6, 6.07) is 17.9. The average Bonchev–Trinajstić information content (AvgIpc) is 3.15. The highest BCUT2D eigenvalue weighted by molar-refractivity contribution is 5.97. The quantitative estimate of drug-likeness (QED) is 0.823. The van der Waals surface area contributed by atoms with Gasteiger partial charge in [-0.2, -0.15) is 0 Å². The molecule has 2 aliphatic rings. The largest absolute Gasteiger partial charge is 0.338 e. The van der Waals surface area contributed by atoms with Crippen molar-refractivity contribution in [2.45, 2.75) is 32.6 Å². The predicted molar refractivity (Wildman–Crippen MR) is 120 cm³/mol. The van der Waals surface area contributed by atoms with Crippen molar-refractivity contribution in [1.29, 1.82) is 0 Å². The molecule has 158 valence electrons. The van der Waals surface area contributed by atoms with Crippen LogP contribution in [0.4, 0.5) is 5.69 Å². The van der Waals surface area contributed by atoms with Crippen LogP contribution in [-0.4, -0.2) is 54.3 Å². The molecule has 1 atom stereocenters. The Balaban J connectivity index is 1.36. The second-order valence-electron chi connectivity index (χ2n) is 8.85. The fourth-order valence-electron chi connectivity index (χ4n) is 4.99. The fraction of sp³-hybridized carbons (Fsp3) is 0.440. The minimum absolute atomic E-state index is 0.0699. The number of hydrogen-bond donors (Lipinski definition) is 1. The van der Waals surface area contributed by atoms with Gasteiger partial charge in [-0.05, 0) is 56.0 Å². The van der Waals surface area contributed by atoms with Crippen molar-refractivity contribution in [3.63, 3.8) is 0 Å². The van der Waals surface area contributed by atoms with Crippen LogP contribution in [0.5, 0.6) is 0 Å². The fourth-order valence-corrected chi connectivity index (χ4v) is 4.99. The third-order valence-electron chi connectivity index (χ3n) is 6.46. The normalized spacial score (nSPS) is 21.7. The summed E-state index contributed by atoms with van der Waals surface area (Å²) in [5.74, 6) is -0.0574. The third kappa shape index (κ3) is 4.90. The maximum Gasteiger partial charge on any atom is 0.253 e. The van der Waals surface area contributed by atoms with Gasteiger partial charge in [-0.1, -0.05) is 36.4 Å². The summed E-state index contributed by atoms with van der Waals surface area (Å²) in [5, 5.41) is 2.76. The Bertz CT molecular complexity index is 898. The van der Waals surface area contributed by atoms with E-state index in [9.17, 15) is 9.59 Å². The molecule has 2 fully saturated rings. The minimum atomic E-state index is -0.127. The van der Waals surface area contributed by atoms with E-state index in [1.54, 1.807) is 6.07 Å². The average molecular weight is 406 g/mol. The third-order valence-corrected chi connectivity index (χ3v) is 6.46. The molecule has 2 saturated heterocycles. The lowest BCUT2D eigenvalue weighted by molar-refractivity contribution is -0.114. The minimum Gasteiger partial charge on any atom is -0.338 e.